The lowest BCUT2D eigenvalue weighted by molar-refractivity contribution is 0.0678. The lowest BCUT2D eigenvalue weighted by Crippen LogP contribution is -2.28. The Hall–Kier alpha value is -2.41. The molecular weight excluding hydrogens is 358 g/mol. The summed E-state index contributed by atoms with van der Waals surface area (Å²) in [7, 11) is 0. The van der Waals surface area contributed by atoms with Crippen LogP contribution in [0, 0.1) is 0 Å². The van der Waals surface area contributed by atoms with Gasteiger partial charge in [-0.2, -0.15) is 4.98 Å². The van der Waals surface area contributed by atoms with Gasteiger partial charge in [0, 0.05) is 31.2 Å². The van der Waals surface area contributed by atoms with Gasteiger partial charge in [-0.15, -0.1) is 0 Å². The number of amides is 1. The van der Waals surface area contributed by atoms with Gasteiger partial charge in [-0.1, -0.05) is 11.2 Å². The molecule has 28 heavy (non-hydrogen) atoms. The van der Waals surface area contributed by atoms with Crippen LogP contribution < -0.4 is 4.74 Å². The van der Waals surface area contributed by atoms with Crippen molar-refractivity contribution < 1.29 is 18.8 Å². The summed E-state index contributed by atoms with van der Waals surface area (Å²) in [5.41, 5.74) is 0.648. The normalized spacial score (nSPS) is 24.6. The van der Waals surface area contributed by atoms with Gasteiger partial charge in [-0.05, 0) is 50.3 Å². The lowest BCUT2D eigenvalue weighted by atomic mass is 10.1. The maximum atomic E-state index is 12.9. The molecule has 2 aliphatic heterocycles. The fraction of sp³-hybridized carbons (Fsp3) is 0.571. The molecule has 1 amide bonds. The SMILES string of the molecule is O=C(c1cccc(OC[C@@H]2CCCO2)c1)N1CC[C@@H](c2nc(C3CC3)no2)C1. The predicted octanol–water partition coefficient (Wildman–Crippen LogP) is 3.13. The first kappa shape index (κ1) is 17.7. The minimum Gasteiger partial charge on any atom is -0.491 e. The van der Waals surface area contributed by atoms with Crippen molar-refractivity contribution in [3.8, 4) is 5.75 Å². The molecule has 3 fully saturated rings. The molecule has 0 bridgehead atoms. The van der Waals surface area contributed by atoms with Gasteiger partial charge in [0.1, 0.15) is 12.4 Å². The molecule has 0 N–H and O–H groups in total. The molecule has 5 rings (SSSR count). The summed E-state index contributed by atoms with van der Waals surface area (Å²) in [6, 6.07) is 7.41. The smallest absolute Gasteiger partial charge is 0.254 e. The predicted molar refractivity (Wildman–Crippen MR) is 100 cm³/mol. The third-order valence-electron chi connectivity index (χ3n) is 5.77. The highest BCUT2D eigenvalue weighted by Crippen LogP contribution is 2.39. The number of ether oxygens (including phenoxy) is 2. The number of carbonyl (C=O) groups is 1. The maximum absolute atomic E-state index is 12.9. The second-order valence-electron chi connectivity index (χ2n) is 7.98. The molecule has 2 saturated heterocycles. The molecule has 2 aromatic rings. The summed E-state index contributed by atoms with van der Waals surface area (Å²) in [6.07, 6.45) is 5.44. The Bertz CT molecular complexity index is 842. The van der Waals surface area contributed by atoms with Gasteiger partial charge >= 0.3 is 0 Å². The van der Waals surface area contributed by atoms with Crippen LogP contribution in [-0.2, 0) is 4.74 Å². The van der Waals surface area contributed by atoms with Crippen molar-refractivity contribution >= 4 is 5.91 Å². The standard InChI is InChI=1S/C21H25N3O4/c25-21(15-3-1-4-17(11-15)27-13-18-5-2-10-26-18)24-9-8-16(12-24)20-22-19(23-28-20)14-6-7-14/h1,3-4,11,14,16,18H,2,5-10,12-13H2/t16-,18+/m1/s1. The largest absolute Gasteiger partial charge is 0.491 e. The average molecular weight is 383 g/mol. The molecule has 3 heterocycles. The summed E-state index contributed by atoms with van der Waals surface area (Å²) in [4.78, 5) is 19.4. The monoisotopic (exact) mass is 383 g/mol. The molecule has 0 radical (unpaired) electrons. The summed E-state index contributed by atoms with van der Waals surface area (Å²) >= 11 is 0. The van der Waals surface area contributed by atoms with Crippen molar-refractivity contribution in [3.63, 3.8) is 0 Å². The van der Waals surface area contributed by atoms with Crippen molar-refractivity contribution in [2.24, 2.45) is 0 Å². The van der Waals surface area contributed by atoms with Crippen molar-refractivity contribution in [2.45, 2.75) is 50.0 Å². The van der Waals surface area contributed by atoms with E-state index in [0.29, 0.717) is 42.8 Å². The van der Waals surface area contributed by atoms with Gasteiger partial charge in [0.05, 0.1) is 12.0 Å². The topological polar surface area (TPSA) is 77.7 Å². The van der Waals surface area contributed by atoms with Crippen LogP contribution in [0.4, 0.5) is 0 Å². The van der Waals surface area contributed by atoms with Crippen LogP contribution >= 0.6 is 0 Å². The Morgan fingerprint density at radius 2 is 2.14 bits per heavy atom. The van der Waals surface area contributed by atoms with Crippen molar-refractivity contribution in [2.75, 3.05) is 26.3 Å². The third kappa shape index (κ3) is 3.76. The number of hydrogen-bond acceptors (Lipinski definition) is 6. The first-order chi connectivity index (χ1) is 13.8. The summed E-state index contributed by atoms with van der Waals surface area (Å²) in [5, 5.41) is 4.10. The molecule has 3 aliphatic rings. The molecule has 1 saturated carbocycles. The van der Waals surface area contributed by atoms with Crippen LogP contribution in [-0.4, -0.2) is 53.4 Å². The Kier molecular flexibility index (Phi) is 4.76. The van der Waals surface area contributed by atoms with E-state index in [-0.39, 0.29) is 17.9 Å². The first-order valence-electron chi connectivity index (χ1n) is 10.2. The van der Waals surface area contributed by atoms with Gasteiger partial charge < -0.3 is 18.9 Å². The minimum absolute atomic E-state index is 0.0204. The zero-order valence-electron chi connectivity index (χ0n) is 15.9. The van der Waals surface area contributed by atoms with Crippen LogP contribution in [0.15, 0.2) is 28.8 Å². The van der Waals surface area contributed by atoms with Crippen LogP contribution in [0.25, 0.3) is 0 Å². The molecule has 0 unspecified atom stereocenters. The first-order valence-corrected chi connectivity index (χ1v) is 10.2. The number of hydrogen-bond donors (Lipinski definition) is 0. The average Bonchev–Trinajstić information content (AvgIpc) is 3.15. The Morgan fingerprint density at radius 1 is 1.21 bits per heavy atom. The summed E-state index contributed by atoms with van der Waals surface area (Å²) in [5.74, 6) is 2.84. The molecule has 1 aromatic carbocycles. The highest BCUT2D eigenvalue weighted by atomic mass is 16.5. The zero-order valence-corrected chi connectivity index (χ0v) is 15.9. The van der Waals surface area contributed by atoms with E-state index >= 15 is 0 Å². The van der Waals surface area contributed by atoms with Crippen LogP contribution in [0.5, 0.6) is 5.75 Å². The van der Waals surface area contributed by atoms with Crippen LogP contribution in [0.2, 0.25) is 0 Å². The molecule has 0 spiro atoms. The lowest BCUT2D eigenvalue weighted by Gasteiger charge is -2.17. The Balaban J connectivity index is 1.20. The highest BCUT2D eigenvalue weighted by molar-refractivity contribution is 5.94. The van der Waals surface area contributed by atoms with E-state index in [2.05, 4.69) is 10.1 Å². The van der Waals surface area contributed by atoms with Gasteiger partial charge in [0.2, 0.25) is 5.89 Å². The van der Waals surface area contributed by atoms with Crippen molar-refractivity contribution in [3.05, 3.63) is 41.5 Å². The van der Waals surface area contributed by atoms with E-state index < -0.39 is 0 Å². The number of aromatic nitrogens is 2. The third-order valence-corrected chi connectivity index (χ3v) is 5.77. The van der Waals surface area contributed by atoms with Crippen LogP contribution in [0.3, 0.4) is 0 Å². The number of rotatable bonds is 6. The molecule has 1 aliphatic carbocycles. The number of likely N-dealkylation sites (tertiary alicyclic amines) is 1. The maximum Gasteiger partial charge on any atom is 0.254 e. The Labute approximate surface area is 164 Å². The minimum atomic E-state index is 0.0204. The Morgan fingerprint density at radius 3 is 2.96 bits per heavy atom. The summed E-state index contributed by atoms with van der Waals surface area (Å²) < 4.78 is 16.9. The van der Waals surface area contributed by atoms with Crippen molar-refractivity contribution in [1.29, 1.82) is 0 Å². The highest BCUT2D eigenvalue weighted by Gasteiger charge is 2.34. The quantitative estimate of drug-likeness (QED) is 0.763. The van der Waals surface area contributed by atoms with E-state index in [1.54, 1.807) is 0 Å². The van der Waals surface area contributed by atoms with Gasteiger partial charge in [-0.25, -0.2) is 0 Å². The van der Waals surface area contributed by atoms with E-state index in [4.69, 9.17) is 14.0 Å². The second-order valence-corrected chi connectivity index (χ2v) is 7.98. The van der Waals surface area contributed by atoms with Crippen molar-refractivity contribution in [1.82, 2.24) is 15.0 Å². The molecule has 1 aromatic heterocycles. The number of nitrogens with zero attached hydrogens (tertiary/aromatic N) is 3. The van der Waals surface area contributed by atoms with E-state index in [1.807, 2.05) is 29.2 Å². The van der Waals surface area contributed by atoms with E-state index in [9.17, 15) is 4.79 Å². The van der Waals surface area contributed by atoms with Gasteiger partial charge in [0.25, 0.3) is 5.91 Å². The van der Waals surface area contributed by atoms with Gasteiger partial charge in [-0.3, -0.25) is 4.79 Å². The number of benzene rings is 1. The molecule has 148 valence electrons. The van der Waals surface area contributed by atoms with Gasteiger partial charge in [0.15, 0.2) is 5.82 Å². The fourth-order valence-electron chi connectivity index (χ4n) is 3.93. The summed E-state index contributed by atoms with van der Waals surface area (Å²) in [6.45, 7) is 2.66. The fourth-order valence-corrected chi connectivity index (χ4v) is 3.93. The molecular formula is C21H25N3O4. The van der Waals surface area contributed by atoms with E-state index in [0.717, 1.165) is 44.5 Å². The van der Waals surface area contributed by atoms with E-state index in [1.165, 1.54) is 0 Å². The molecule has 7 heteroatoms. The zero-order chi connectivity index (χ0) is 18.9. The molecule has 2 atom stereocenters. The molecule has 7 nitrogen and oxygen atoms in total. The second kappa shape index (κ2) is 7.54. The number of carbonyl (C=O) groups excluding carboxylic acids is 1. The van der Waals surface area contributed by atoms with Crippen LogP contribution in [0.1, 0.15) is 66.0 Å².